The first kappa shape index (κ1) is 10.5. The molecule has 2 nitrogen and oxygen atoms in total. The molecule has 82 valence electrons. The fraction of sp³-hybridized carbons (Fsp3) is 0.0769. The van der Waals surface area contributed by atoms with Crippen LogP contribution >= 0.6 is 0 Å². The van der Waals surface area contributed by atoms with Gasteiger partial charge in [0.2, 0.25) is 0 Å². The summed E-state index contributed by atoms with van der Waals surface area (Å²) in [5, 5.41) is 0. The van der Waals surface area contributed by atoms with Crippen molar-refractivity contribution in [3.8, 4) is 16.9 Å². The zero-order valence-corrected chi connectivity index (χ0v) is 8.91. The highest BCUT2D eigenvalue weighted by atomic mass is 19.1. The molecule has 2 aromatic carbocycles. The maximum absolute atomic E-state index is 13.0. The van der Waals surface area contributed by atoms with Crippen LogP contribution in [0.3, 0.4) is 0 Å². The zero-order valence-electron chi connectivity index (χ0n) is 8.91. The van der Waals surface area contributed by atoms with E-state index in [4.69, 9.17) is 10.5 Å². The Morgan fingerprint density at radius 1 is 1.12 bits per heavy atom. The van der Waals surface area contributed by atoms with E-state index in [2.05, 4.69) is 0 Å². The Kier molecular flexibility index (Phi) is 2.77. The average molecular weight is 217 g/mol. The normalized spacial score (nSPS) is 10.1. The standard InChI is InChI=1S/C13H12FNO/c1-16-13-5-3-2-4-10(13)9-6-7-11(14)12(15)8-9/h2-8H,15H2,1H3. The van der Waals surface area contributed by atoms with Crippen LogP contribution in [0, 0.1) is 5.82 Å². The number of methoxy groups -OCH3 is 1. The van der Waals surface area contributed by atoms with Gasteiger partial charge in [0.15, 0.2) is 0 Å². The molecule has 3 heteroatoms. The number of nitrogen functional groups attached to an aromatic ring is 1. The lowest BCUT2D eigenvalue weighted by Crippen LogP contribution is -1.92. The molecule has 2 rings (SSSR count). The maximum Gasteiger partial charge on any atom is 0.146 e. The fourth-order valence-electron chi connectivity index (χ4n) is 1.59. The monoisotopic (exact) mass is 217 g/mol. The number of nitrogens with two attached hydrogens (primary N) is 1. The Labute approximate surface area is 93.5 Å². The number of anilines is 1. The summed E-state index contributed by atoms with van der Waals surface area (Å²) in [5.74, 6) is 0.340. The molecule has 0 heterocycles. The number of halogens is 1. The number of para-hydroxylation sites is 1. The van der Waals surface area contributed by atoms with Gasteiger partial charge in [0.1, 0.15) is 11.6 Å². The molecule has 0 aromatic heterocycles. The molecule has 0 aliphatic carbocycles. The van der Waals surface area contributed by atoms with Crippen molar-refractivity contribution in [3.05, 3.63) is 48.3 Å². The lowest BCUT2D eigenvalue weighted by Gasteiger charge is -2.08. The van der Waals surface area contributed by atoms with E-state index in [9.17, 15) is 4.39 Å². The van der Waals surface area contributed by atoms with Crippen LogP contribution in [0.15, 0.2) is 42.5 Å². The third-order valence-corrected chi connectivity index (χ3v) is 2.41. The smallest absolute Gasteiger partial charge is 0.146 e. The summed E-state index contributed by atoms with van der Waals surface area (Å²) in [6, 6.07) is 12.2. The molecule has 0 radical (unpaired) electrons. The molecular formula is C13H12FNO. The first-order valence-electron chi connectivity index (χ1n) is 4.91. The minimum atomic E-state index is -0.404. The molecule has 0 aliphatic heterocycles. The van der Waals surface area contributed by atoms with E-state index in [0.717, 1.165) is 16.9 Å². The Morgan fingerprint density at radius 3 is 2.56 bits per heavy atom. The highest BCUT2D eigenvalue weighted by Crippen LogP contribution is 2.31. The van der Waals surface area contributed by atoms with Crippen LogP contribution in [-0.2, 0) is 0 Å². The minimum absolute atomic E-state index is 0.142. The van der Waals surface area contributed by atoms with Gasteiger partial charge in [-0.15, -0.1) is 0 Å². The Hall–Kier alpha value is -2.03. The third-order valence-electron chi connectivity index (χ3n) is 2.41. The van der Waals surface area contributed by atoms with Crippen LogP contribution in [-0.4, -0.2) is 7.11 Å². The molecule has 0 unspecified atom stereocenters. The fourth-order valence-corrected chi connectivity index (χ4v) is 1.59. The van der Waals surface area contributed by atoms with Gasteiger partial charge >= 0.3 is 0 Å². The highest BCUT2D eigenvalue weighted by molar-refractivity contribution is 5.73. The van der Waals surface area contributed by atoms with Gasteiger partial charge in [0.05, 0.1) is 12.8 Å². The van der Waals surface area contributed by atoms with Gasteiger partial charge in [-0.25, -0.2) is 4.39 Å². The van der Waals surface area contributed by atoms with Gasteiger partial charge in [0.25, 0.3) is 0 Å². The second kappa shape index (κ2) is 4.23. The van der Waals surface area contributed by atoms with E-state index in [-0.39, 0.29) is 5.69 Å². The summed E-state index contributed by atoms with van der Waals surface area (Å²) >= 11 is 0. The second-order valence-electron chi connectivity index (χ2n) is 3.44. The molecule has 0 spiro atoms. The van der Waals surface area contributed by atoms with Crippen molar-refractivity contribution in [1.29, 1.82) is 0 Å². The maximum atomic E-state index is 13.0. The van der Waals surface area contributed by atoms with E-state index >= 15 is 0 Å². The van der Waals surface area contributed by atoms with Gasteiger partial charge in [-0.1, -0.05) is 24.3 Å². The summed E-state index contributed by atoms with van der Waals surface area (Å²) in [6.07, 6.45) is 0. The number of benzene rings is 2. The third kappa shape index (κ3) is 1.84. The molecule has 0 bridgehead atoms. The first-order valence-corrected chi connectivity index (χ1v) is 4.91. The lowest BCUT2D eigenvalue weighted by molar-refractivity contribution is 0.416. The highest BCUT2D eigenvalue weighted by Gasteiger charge is 2.06. The zero-order chi connectivity index (χ0) is 11.5. The largest absolute Gasteiger partial charge is 0.496 e. The van der Waals surface area contributed by atoms with Crippen molar-refractivity contribution >= 4 is 5.69 Å². The molecule has 0 fully saturated rings. The SMILES string of the molecule is COc1ccccc1-c1ccc(F)c(N)c1. The summed E-state index contributed by atoms with van der Waals surface area (Å²) in [4.78, 5) is 0. The van der Waals surface area contributed by atoms with Crippen molar-refractivity contribution in [3.63, 3.8) is 0 Å². The van der Waals surface area contributed by atoms with E-state index in [0.29, 0.717) is 0 Å². The van der Waals surface area contributed by atoms with E-state index < -0.39 is 5.82 Å². The van der Waals surface area contributed by atoms with Crippen LogP contribution < -0.4 is 10.5 Å². The minimum Gasteiger partial charge on any atom is -0.496 e. The summed E-state index contributed by atoms with van der Waals surface area (Å²) in [6.45, 7) is 0. The average Bonchev–Trinajstić information content (AvgIpc) is 2.32. The Balaban J connectivity index is 2.54. The molecule has 2 N–H and O–H groups in total. The number of hydrogen-bond donors (Lipinski definition) is 1. The lowest BCUT2D eigenvalue weighted by atomic mass is 10.0. The van der Waals surface area contributed by atoms with Gasteiger partial charge < -0.3 is 10.5 Å². The van der Waals surface area contributed by atoms with Crippen LogP contribution in [0.2, 0.25) is 0 Å². The number of ether oxygens (including phenoxy) is 1. The quantitative estimate of drug-likeness (QED) is 0.784. The van der Waals surface area contributed by atoms with Gasteiger partial charge in [-0.2, -0.15) is 0 Å². The predicted molar refractivity (Wildman–Crippen MR) is 62.8 cm³/mol. The Bertz CT molecular complexity index is 511. The molecule has 0 saturated carbocycles. The first-order chi connectivity index (χ1) is 7.72. The van der Waals surface area contributed by atoms with Crippen molar-refractivity contribution in [2.24, 2.45) is 0 Å². The molecule has 0 atom stereocenters. The summed E-state index contributed by atoms with van der Waals surface area (Å²) < 4.78 is 18.3. The topological polar surface area (TPSA) is 35.2 Å². The van der Waals surface area contributed by atoms with E-state index in [1.807, 2.05) is 24.3 Å². The second-order valence-corrected chi connectivity index (χ2v) is 3.44. The van der Waals surface area contributed by atoms with Gasteiger partial charge in [-0.05, 0) is 23.8 Å². The van der Waals surface area contributed by atoms with Crippen LogP contribution in [0.1, 0.15) is 0 Å². The number of rotatable bonds is 2. The van der Waals surface area contributed by atoms with Gasteiger partial charge in [-0.3, -0.25) is 0 Å². The molecule has 2 aromatic rings. The molecular weight excluding hydrogens is 205 g/mol. The summed E-state index contributed by atoms with van der Waals surface area (Å²) in [7, 11) is 1.60. The van der Waals surface area contributed by atoms with Crippen LogP contribution in [0.5, 0.6) is 5.75 Å². The summed E-state index contributed by atoms with van der Waals surface area (Å²) in [5.41, 5.74) is 7.42. The van der Waals surface area contributed by atoms with E-state index in [1.54, 1.807) is 19.2 Å². The van der Waals surface area contributed by atoms with Crippen LogP contribution in [0.25, 0.3) is 11.1 Å². The van der Waals surface area contributed by atoms with Crippen LogP contribution in [0.4, 0.5) is 10.1 Å². The molecule has 0 aliphatic rings. The van der Waals surface area contributed by atoms with Crippen molar-refractivity contribution in [2.75, 3.05) is 12.8 Å². The van der Waals surface area contributed by atoms with Crippen molar-refractivity contribution < 1.29 is 9.13 Å². The molecule has 16 heavy (non-hydrogen) atoms. The molecule has 0 amide bonds. The van der Waals surface area contributed by atoms with Crippen molar-refractivity contribution in [1.82, 2.24) is 0 Å². The predicted octanol–water partition coefficient (Wildman–Crippen LogP) is 3.08. The van der Waals surface area contributed by atoms with Gasteiger partial charge in [0, 0.05) is 5.56 Å². The van der Waals surface area contributed by atoms with E-state index in [1.165, 1.54) is 6.07 Å². The van der Waals surface area contributed by atoms with Crippen molar-refractivity contribution in [2.45, 2.75) is 0 Å². The Morgan fingerprint density at radius 2 is 1.88 bits per heavy atom. The number of hydrogen-bond acceptors (Lipinski definition) is 2. The molecule has 0 saturated heterocycles.